The Balaban J connectivity index is 1.86. The number of carbonyl (C=O) groups is 1. The van der Waals surface area contributed by atoms with E-state index < -0.39 is 0 Å². The van der Waals surface area contributed by atoms with E-state index in [0.717, 1.165) is 16.3 Å². The van der Waals surface area contributed by atoms with Gasteiger partial charge in [-0.1, -0.05) is 30.4 Å². The molecule has 0 aliphatic heterocycles. The Morgan fingerprint density at radius 1 is 1.33 bits per heavy atom. The Bertz CT molecular complexity index is 625. The summed E-state index contributed by atoms with van der Waals surface area (Å²) in [5, 5.41) is 12.1. The smallest absolute Gasteiger partial charge is 0.225 e. The Morgan fingerprint density at radius 3 is 2.90 bits per heavy atom. The van der Waals surface area contributed by atoms with E-state index in [4.69, 9.17) is 4.74 Å². The number of hydrogen-bond acceptors (Lipinski definition) is 5. The lowest BCUT2D eigenvalue weighted by atomic mass is 10.1. The molecular formula is C15H19N3O2S. The van der Waals surface area contributed by atoms with Gasteiger partial charge in [-0.2, -0.15) is 0 Å². The van der Waals surface area contributed by atoms with E-state index >= 15 is 0 Å². The van der Waals surface area contributed by atoms with Gasteiger partial charge in [0.05, 0.1) is 6.61 Å². The van der Waals surface area contributed by atoms with Crippen LogP contribution in [0.1, 0.15) is 29.5 Å². The van der Waals surface area contributed by atoms with Crippen molar-refractivity contribution in [3.8, 4) is 5.75 Å². The third kappa shape index (κ3) is 4.26. The SMILES string of the molecule is CCC(=O)Nc1nnc(CCOc2cccc(C)c2C)s1. The van der Waals surface area contributed by atoms with Crippen LogP contribution in [0.5, 0.6) is 5.75 Å². The van der Waals surface area contributed by atoms with Gasteiger partial charge in [-0.3, -0.25) is 4.79 Å². The quantitative estimate of drug-likeness (QED) is 0.890. The molecule has 21 heavy (non-hydrogen) atoms. The number of benzene rings is 1. The van der Waals surface area contributed by atoms with Crippen molar-refractivity contribution in [3.63, 3.8) is 0 Å². The van der Waals surface area contributed by atoms with Gasteiger partial charge >= 0.3 is 0 Å². The summed E-state index contributed by atoms with van der Waals surface area (Å²) in [4.78, 5) is 11.3. The maximum atomic E-state index is 11.3. The number of rotatable bonds is 6. The number of nitrogens with one attached hydrogen (secondary N) is 1. The molecule has 0 aliphatic carbocycles. The Kier molecular flexibility index (Phi) is 5.27. The fraction of sp³-hybridized carbons (Fsp3) is 0.400. The van der Waals surface area contributed by atoms with Crippen molar-refractivity contribution in [1.82, 2.24) is 10.2 Å². The average Bonchev–Trinajstić information content (AvgIpc) is 2.91. The summed E-state index contributed by atoms with van der Waals surface area (Å²) in [5.41, 5.74) is 2.37. The van der Waals surface area contributed by atoms with Crippen LogP contribution in [0.25, 0.3) is 0 Å². The lowest BCUT2D eigenvalue weighted by molar-refractivity contribution is -0.115. The topological polar surface area (TPSA) is 64.1 Å². The van der Waals surface area contributed by atoms with Crippen LogP contribution in [0.3, 0.4) is 0 Å². The van der Waals surface area contributed by atoms with Gasteiger partial charge in [0.1, 0.15) is 10.8 Å². The summed E-state index contributed by atoms with van der Waals surface area (Å²) in [6, 6.07) is 6.02. The summed E-state index contributed by atoms with van der Waals surface area (Å²) in [7, 11) is 0. The summed E-state index contributed by atoms with van der Waals surface area (Å²) in [6.07, 6.45) is 1.11. The molecule has 112 valence electrons. The van der Waals surface area contributed by atoms with Crippen LogP contribution in [-0.4, -0.2) is 22.7 Å². The molecule has 0 saturated carbocycles. The van der Waals surface area contributed by atoms with Crippen LogP contribution in [0.2, 0.25) is 0 Å². The highest BCUT2D eigenvalue weighted by molar-refractivity contribution is 7.15. The molecular weight excluding hydrogens is 286 g/mol. The fourth-order valence-electron chi connectivity index (χ4n) is 1.74. The van der Waals surface area contributed by atoms with E-state index in [2.05, 4.69) is 28.5 Å². The van der Waals surface area contributed by atoms with Gasteiger partial charge in [0.2, 0.25) is 11.0 Å². The summed E-state index contributed by atoms with van der Waals surface area (Å²) >= 11 is 1.38. The number of carbonyl (C=O) groups excluding carboxylic acids is 1. The predicted octanol–water partition coefficient (Wildman–Crippen LogP) is 3.12. The van der Waals surface area contributed by atoms with Gasteiger partial charge in [0.15, 0.2) is 0 Å². The number of anilines is 1. The Morgan fingerprint density at radius 2 is 2.14 bits per heavy atom. The molecule has 0 aliphatic rings. The van der Waals surface area contributed by atoms with Crippen LogP contribution in [-0.2, 0) is 11.2 Å². The van der Waals surface area contributed by atoms with E-state index in [9.17, 15) is 4.79 Å². The van der Waals surface area contributed by atoms with E-state index in [1.54, 1.807) is 6.92 Å². The molecule has 0 bridgehead atoms. The van der Waals surface area contributed by atoms with E-state index in [1.807, 2.05) is 19.1 Å². The lowest BCUT2D eigenvalue weighted by Crippen LogP contribution is -2.08. The van der Waals surface area contributed by atoms with Gasteiger partial charge in [0.25, 0.3) is 0 Å². The minimum Gasteiger partial charge on any atom is -0.493 e. The first kappa shape index (κ1) is 15.4. The first-order valence-electron chi connectivity index (χ1n) is 6.91. The monoisotopic (exact) mass is 305 g/mol. The van der Waals surface area contributed by atoms with Crippen molar-refractivity contribution in [2.75, 3.05) is 11.9 Å². The molecule has 1 aromatic heterocycles. The van der Waals surface area contributed by atoms with Crippen molar-refractivity contribution in [3.05, 3.63) is 34.3 Å². The molecule has 5 nitrogen and oxygen atoms in total. The first-order chi connectivity index (χ1) is 10.1. The maximum absolute atomic E-state index is 11.3. The van der Waals surface area contributed by atoms with E-state index in [0.29, 0.717) is 24.6 Å². The molecule has 6 heteroatoms. The zero-order valence-electron chi connectivity index (χ0n) is 12.5. The van der Waals surface area contributed by atoms with Crippen LogP contribution < -0.4 is 10.1 Å². The van der Waals surface area contributed by atoms with Crippen molar-refractivity contribution in [2.45, 2.75) is 33.6 Å². The molecule has 1 heterocycles. The number of aryl methyl sites for hydroxylation is 1. The minimum absolute atomic E-state index is 0.0515. The van der Waals surface area contributed by atoms with Crippen LogP contribution in [0.15, 0.2) is 18.2 Å². The number of aromatic nitrogens is 2. The van der Waals surface area contributed by atoms with Crippen molar-refractivity contribution < 1.29 is 9.53 Å². The maximum Gasteiger partial charge on any atom is 0.225 e. The molecule has 1 N–H and O–H groups in total. The Hall–Kier alpha value is -1.95. The summed E-state index contributed by atoms with van der Waals surface area (Å²) in [5.74, 6) is 0.850. The zero-order chi connectivity index (χ0) is 15.2. The standard InChI is InChI=1S/C15H19N3O2S/c1-4-13(19)16-15-18-17-14(21-15)8-9-20-12-7-5-6-10(2)11(12)3/h5-7H,4,8-9H2,1-3H3,(H,16,18,19). The number of amides is 1. The third-order valence-corrected chi connectivity index (χ3v) is 4.06. The molecule has 0 saturated heterocycles. The molecule has 0 fully saturated rings. The van der Waals surface area contributed by atoms with E-state index in [-0.39, 0.29) is 5.91 Å². The van der Waals surface area contributed by atoms with Crippen molar-refractivity contribution in [2.24, 2.45) is 0 Å². The van der Waals surface area contributed by atoms with Gasteiger partial charge in [-0.25, -0.2) is 0 Å². The van der Waals surface area contributed by atoms with Gasteiger partial charge in [-0.15, -0.1) is 10.2 Å². The van der Waals surface area contributed by atoms with Gasteiger partial charge in [-0.05, 0) is 31.0 Å². The van der Waals surface area contributed by atoms with Gasteiger partial charge in [0, 0.05) is 12.8 Å². The molecule has 0 unspecified atom stereocenters. The highest BCUT2D eigenvalue weighted by Gasteiger charge is 2.07. The second kappa shape index (κ2) is 7.17. The third-order valence-electron chi connectivity index (χ3n) is 3.16. The largest absolute Gasteiger partial charge is 0.493 e. The number of ether oxygens (including phenoxy) is 1. The average molecular weight is 305 g/mol. The molecule has 2 aromatic rings. The fourth-order valence-corrected chi connectivity index (χ4v) is 2.48. The van der Waals surface area contributed by atoms with Crippen molar-refractivity contribution in [1.29, 1.82) is 0 Å². The van der Waals surface area contributed by atoms with Crippen LogP contribution in [0.4, 0.5) is 5.13 Å². The first-order valence-corrected chi connectivity index (χ1v) is 7.73. The predicted molar refractivity (Wildman–Crippen MR) is 83.9 cm³/mol. The lowest BCUT2D eigenvalue weighted by Gasteiger charge is -2.09. The molecule has 1 amide bonds. The van der Waals surface area contributed by atoms with Crippen molar-refractivity contribution >= 4 is 22.4 Å². The molecule has 2 rings (SSSR count). The number of nitrogens with zero attached hydrogens (tertiary/aromatic N) is 2. The molecule has 1 aromatic carbocycles. The minimum atomic E-state index is -0.0515. The number of hydrogen-bond donors (Lipinski definition) is 1. The van der Waals surface area contributed by atoms with Crippen LogP contribution in [0, 0.1) is 13.8 Å². The normalized spacial score (nSPS) is 10.4. The van der Waals surface area contributed by atoms with Gasteiger partial charge < -0.3 is 10.1 Å². The summed E-state index contributed by atoms with van der Waals surface area (Å²) in [6.45, 7) is 6.46. The second-order valence-corrected chi connectivity index (χ2v) is 5.76. The van der Waals surface area contributed by atoms with Crippen LogP contribution >= 0.6 is 11.3 Å². The Labute approximate surface area is 128 Å². The molecule has 0 radical (unpaired) electrons. The summed E-state index contributed by atoms with van der Waals surface area (Å²) < 4.78 is 5.78. The highest BCUT2D eigenvalue weighted by atomic mass is 32.1. The molecule has 0 atom stereocenters. The van der Waals surface area contributed by atoms with E-state index in [1.165, 1.54) is 16.9 Å². The molecule has 0 spiro atoms. The highest BCUT2D eigenvalue weighted by Crippen LogP contribution is 2.21. The second-order valence-electron chi connectivity index (χ2n) is 4.70. The zero-order valence-corrected chi connectivity index (χ0v) is 13.3.